The standard InChI is InChI=1S/C39H54F2N2O/c1-38(2,3)34-23-27(24-35(37(34)44-7)39(4,5)6)25-43-22-21-30(26-43)36(42)12-10-8-9-11-33(28-13-17-31(40)18-14-28)29-15-19-32(41)20-16-29/h13-20,23-24,30,33,36H,8-12,21-22,25-26,42H2,1-7H3/t30?,36-/m0/s1. The third kappa shape index (κ3) is 8.91. The van der Waals surface area contributed by atoms with Crippen LogP contribution >= 0.6 is 0 Å². The van der Waals surface area contributed by atoms with Gasteiger partial charge in [0.1, 0.15) is 17.4 Å². The van der Waals surface area contributed by atoms with Crippen LogP contribution in [0.5, 0.6) is 5.75 Å². The maximum Gasteiger partial charge on any atom is 0.126 e. The van der Waals surface area contributed by atoms with Crippen LogP contribution in [0.25, 0.3) is 0 Å². The molecule has 1 aliphatic heterocycles. The van der Waals surface area contributed by atoms with Gasteiger partial charge in [0.15, 0.2) is 0 Å². The van der Waals surface area contributed by atoms with Crippen molar-refractivity contribution >= 4 is 0 Å². The topological polar surface area (TPSA) is 38.5 Å². The predicted molar refractivity (Wildman–Crippen MR) is 179 cm³/mol. The minimum atomic E-state index is -0.237. The van der Waals surface area contributed by atoms with Gasteiger partial charge < -0.3 is 10.5 Å². The van der Waals surface area contributed by atoms with E-state index in [-0.39, 0.29) is 34.4 Å². The van der Waals surface area contributed by atoms with Gasteiger partial charge in [0.25, 0.3) is 0 Å². The van der Waals surface area contributed by atoms with Crippen molar-refractivity contribution in [3.63, 3.8) is 0 Å². The number of hydrogen-bond donors (Lipinski definition) is 1. The summed E-state index contributed by atoms with van der Waals surface area (Å²) >= 11 is 0. The van der Waals surface area contributed by atoms with Crippen molar-refractivity contribution in [2.24, 2.45) is 11.7 Å². The summed E-state index contributed by atoms with van der Waals surface area (Å²) in [4.78, 5) is 2.57. The summed E-state index contributed by atoms with van der Waals surface area (Å²) < 4.78 is 33.1. The van der Waals surface area contributed by atoms with E-state index in [2.05, 4.69) is 58.6 Å². The van der Waals surface area contributed by atoms with E-state index in [9.17, 15) is 8.78 Å². The van der Waals surface area contributed by atoms with E-state index in [1.165, 1.54) is 41.0 Å². The summed E-state index contributed by atoms with van der Waals surface area (Å²) in [6, 6.07) is 18.4. The molecule has 1 heterocycles. The SMILES string of the molecule is COc1c(C(C)(C)C)cc(CN2CCC([C@@H](N)CCCCCC(c3ccc(F)cc3)c3ccc(F)cc3)C2)cc1C(C)(C)C. The molecule has 0 aromatic heterocycles. The summed E-state index contributed by atoms with van der Waals surface area (Å²) in [5.74, 6) is 1.20. The second kappa shape index (κ2) is 14.6. The largest absolute Gasteiger partial charge is 0.496 e. The molecule has 2 atom stereocenters. The third-order valence-corrected chi connectivity index (χ3v) is 9.36. The van der Waals surface area contributed by atoms with Gasteiger partial charge in [-0.2, -0.15) is 0 Å². The molecule has 2 N–H and O–H groups in total. The summed E-state index contributed by atoms with van der Waals surface area (Å²) in [6.45, 7) is 16.6. The molecular formula is C39H54F2N2O. The van der Waals surface area contributed by atoms with Gasteiger partial charge >= 0.3 is 0 Å². The fourth-order valence-electron chi connectivity index (χ4n) is 6.78. The first-order valence-electron chi connectivity index (χ1n) is 16.5. The highest BCUT2D eigenvalue weighted by molar-refractivity contribution is 5.51. The molecule has 1 fully saturated rings. The van der Waals surface area contributed by atoms with Crippen LogP contribution in [0.2, 0.25) is 0 Å². The van der Waals surface area contributed by atoms with Gasteiger partial charge in [-0.05, 0) is 83.5 Å². The number of likely N-dealkylation sites (tertiary alicyclic amines) is 1. The van der Waals surface area contributed by atoms with E-state index in [1.54, 1.807) is 7.11 Å². The number of ether oxygens (including phenoxy) is 1. The molecule has 1 aliphatic rings. The lowest BCUT2D eigenvalue weighted by Crippen LogP contribution is -2.32. The Balaban J connectivity index is 1.30. The van der Waals surface area contributed by atoms with Gasteiger partial charge in [-0.1, -0.05) is 97.2 Å². The number of nitrogens with two attached hydrogens (primary N) is 1. The number of benzene rings is 3. The molecule has 0 aliphatic carbocycles. The molecule has 0 bridgehead atoms. The van der Waals surface area contributed by atoms with Gasteiger partial charge in [-0.15, -0.1) is 0 Å². The third-order valence-electron chi connectivity index (χ3n) is 9.36. The Labute approximate surface area is 265 Å². The molecule has 1 unspecified atom stereocenters. The number of unbranched alkanes of at least 4 members (excludes halogenated alkanes) is 2. The van der Waals surface area contributed by atoms with Crippen LogP contribution in [0.15, 0.2) is 60.7 Å². The lowest BCUT2D eigenvalue weighted by molar-refractivity contribution is 0.299. The number of rotatable bonds is 12. The summed E-state index contributed by atoms with van der Waals surface area (Å²) in [7, 11) is 1.79. The zero-order valence-electron chi connectivity index (χ0n) is 28.1. The molecule has 3 nitrogen and oxygen atoms in total. The Bertz CT molecular complexity index is 1260. The summed E-state index contributed by atoms with van der Waals surface area (Å²) in [5.41, 5.74) is 12.8. The van der Waals surface area contributed by atoms with E-state index >= 15 is 0 Å². The minimum Gasteiger partial charge on any atom is -0.496 e. The highest BCUT2D eigenvalue weighted by atomic mass is 19.1. The molecule has 0 amide bonds. The van der Waals surface area contributed by atoms with Gasteiger partial charge in [-0.25, -0.2) is 8.78 Å². The van der Waals surface area contributed by atoms with Gasteiger partial charge in [-0.3, -0.25) is 4.90 Å². The first-order chi connectivity index (χ1) is 20.8. The highest BCUT2D eigenvalue weighted by Gasteiger charge is 2.30. The highest BCUT2D eigenvalue weighted by Crippen LogP contribution is 2.41. The second-order valence-corrected chi connectivity index (χ2v) is 15.0. The number of methoxy groups -OCH3 is 1. The number of hydrogen-bond acceptors (Lipinski definition) is 3. The molecule has 0 saturated carbocycles. The first kappa shape index (κ1) is 34.1. The lowest BCUT2D eigenvalue weighted by atomic mass is 9.78. The Morgan fingerprint density at radius 3 is 1.77 bits per heavy atom. The van der Waals surface area contributed by atoms with E-state index in [0.717, 1.165) is 75.0 Å². The first-order valence-corrected chi connectivity index (χ1v) is 16.5. The van der Waals surface area contributed by atoms with Crippen LogP contribution < -0.4 is 10.5 Å². The normalized spacial score (nSPS) is 16.9. The Morgan fingerprint density at radius 2 is 1.30 bits per heavy atom. The average Bonchev–Trinajstić information content (AvgIpc) is 3.43. The van der Waals surface area contributed by atoms with Crippen molar-refractivity contribution < 1.29 is 13.5 Å². The maximum atomic E-state index is 13.6. The zero-order chi connectivity index (χ0) is 32.1. The molecule has 4 rings (SSSR count). The molecule has 3 aromatic carbocycles. The molecule has 240 valence electrons. The van der Waals surface area contributed by atoms with E-state index in [0.29, 0.717) is 5.92 Å². The Morgan fingerprint density at radius 1 is 0.795 bits per heavy atom. The van der Waals surface area contributed by atoms with Crippen molar-refractivity contribution in [2.75, 3.05) is 20.2 Å². The Kier molecular flexibility index (Phi) is 11.3. The average molecular weight is 605 g/mol. The summed E-state index contributed by atoms with van der Waals surface area (Å²) in [5, 5.41) is 0. The van der Waals surface area contributed by atoms with Crippen LogP contribution in [0.4, 0.5) is 8.78 Å². The van der Waals surface area contributed by atoms with Crippen molar-refractivity contribution in [3.05, 3.63) is 100 Å². The minimum absolute atomic E-state index is 0.00466. The zero-order valence-corrected chi connectivity index (χ0v) is 28.1. The van der Waals surface area contributed by atoms with E-state index < -0.39 is 0 Å². The van der Waals surface area contributed by atoms with Crippen LogP contribution in [0.1, 0.15) is 114 Å². The predicted octanol–water partition coefficient (Wildman–Crippen LogP) is 9.50. The van der Waals surface area contributed by atoms with Crippen LogP contribution in [0.3, 0.4) is 0 Å². The van der Waals surface area contributed by atoms with Gasteiger partial charge in [0.05, 0.1) is 7.11 Å². The van der Waals surface area contributed by atoms with Gasteiger partial charge in [0, 0.05) is 36.2 Å². The van der Waals surface area contributed by atoms with Crippen LogP contribution in [-0.2, 0) is 17.4 Å². The quantitative estimate of drug-likeness (QED) is 0.209. The van der Waals surface area contributed by atoms with Gasteiger partial charge in [0.2, 0.25) is 0 Å². The molecule has 1 saturated heterocycles. The van der Waals surface area contributed by atoms with Crippen LogP contribution in [0, 0.1) is 17.6 Å². The molecule has 5 heteroatoms. The van der Waals surface area contributed by atoms with Crippen molar-refractivity contribution in [3.8, 4) is 5.75 Å². The number of halogens is 2. The molecule has 0 radical (unpaired) electrons. The molecular weight excluding hydrogens is 550 g/mol. The summed E-state index contributed by atoms with van der Waals surface area (Å²) in [6.07, 6.45) is 6.36. The van der Waals surface area contributed by atoms with Crippen LogP contribution in [-0.4, -0.2) is 31.1 Å². The fraction of sp³-hybridized carbons (Fsp3) is 0.538. The maximum absolute atomic E-state index is 13.6. The fourth-order valence-corrected chi connectivity index (χ4v) is 6.78. The Hall–Kier alpha value is -2.76. The van der Waals surface area contributed by atoms with E-state index in [4.69, 9.17) is 10.5 Å². The smallest absolute Gasteiger partial charge is 0.126 e. The van der Waals surface area contributed by atoms with E-state index in [1.807, 2.05) is 24.3 Å². The van der Waals surface area contributed by atoms with Crippen molar-refractivity contribution in [1.82, 2.24) is 4.90 Å². The lowest BCUT2D eigenvalue weighted by Gasteiger charge is -2.30. The van der Waals surface area contributed by atoms with Crippen molar-refractivity contribution in [2.45, 2.75) is 109 Å². The molecule has 44 heavy (non-hydrogen) atoms. The molecule has 3 aromatic rings. The molecule has 0 spiro atoms. The second-order valence-electron chi connectivity index (χ2n) is 15.0. The monoisotopic (exact) mass is 604 g/mol. The number of nitrogens with zero attached hydrogens (tertiary/aromatic N) is 1. The van der Waals surface area contributed by atoms with Crippen molar-refractivity contribution in [1.29, 1.82) is 0 Å².